The van der Waals surface area contributed by atoms with Crippen molar-refractivity contribution >= 4 is 29.9 Å². The number of halogens is 3. The highest BCUT2D eigenvalue weighted by atomic mass is 127. The Morgan fingerprint density at radius 1 is 1.43 bits per heavy atom. The molecule has 118 valence electrons. The first-order valence-corrected chi connectivity index (χ1v) is 6.20. The number of nitrogens with two attached hydrogens (primary N) is 1. The molecule has 21 heavy (non-hydrogen) atoms. The van der Waals surface area contributed by atoms with Crippen LogP contribution in [0.15, 0.2) is 41.4 Å². The van der Waals surface area contributed by atoms with Crippen molar-refractivity contribution in [3.8, 4) is 5.75 Å². The van der Waals surface area contributed by atoms with Gasteiger partial charge in [0, 0.05) is 6.54 Å². The summed E-state index contributed by atoms with van der Waals surface area (Å²) in [4.78, 5) is 4.06. The second-order valence-electron chi connectivity index (χ2n) is 4.32. The van der Waals surface area contributed by atoms with Crippen LogP contribution in [0.5, 0.6) is 5.75 Å². The lowest BCUT2D eigenvalue weighted by Crippen LogP contribution is -2.33. The highest BCUT2D eigenvalue weighted by Gasteiger charge is 2.08. The van der Waals surface area contributed by atoms with Gasteiger partial charge < -0.3 is 15.8 Å². The maximum atomic E-state index is 12.2. The molecule has 4 nitrogen and oxygen atoms in total. The molecule has 0 fully saturated rings. The molecule has 0 radical (unpaired) electrons. The highest BCUT2D eigenvalue weighted by molar-refractivity contribution is 14.0. The number of nitrogens with one attached hydrogen (secondary N) is 1. The number of nitrogens with zero attached hydrogens (tertiary/aromatic N) is 1. The van der Waals surface area contributed by atoms with Gasteiger partial charge in [-0.3, -0.25) is 0 Å². The minimum atomic E-state index is -2.83. The van der Waals surface area contributed by atoms with Gasteiger partial charge in [-0.15, -0.1) is 24.0 Å². The molecule has 0 unspecified atom stereocenters. The Hall–Kier alpha value is -1.38. The van der Waals surface area contributed by atoms with E-state index in [2.05, 4.69) is 21.6 Å². The summed E-state index contributed by atoms with van der Waals surface area (Å²) < 4.78 is 28.9. The van der Waals surface area contributed by atoms with Crippen LogP contribution in [-0.2, 0) is 6.42 Å². The zero-order valence-electron chi connectivity index (χ0n) is 11.8. The first-order valence-electron chi connectivity index (χ1n) is 6.20. The molecule has 0 saturated heterocycles. The van der Waals surface area contributed by atoms with Crippen LogP contribution in [0.3, 0.4) is 0 Å². The first kappa shape index (κ1) is 19.6. The Kier molecular flexibility index (Phi) is 9.68. The van der Waals surface area contributed by atoms with Gasteiger partial charge in [-0.1, -0.05) is 30.4 Å². The minimum Gasteiger partial charge on any atom is -0.435 e. The molecule has 0 heterocycles. The molecule has 0 atom stereocenters. The molecule has 1 rings (SSSR count). The summed E-state index contributed by atoms with van der Waals surface area (Å²) in [6.07, 6.45) is 0.506. The number of aliphatic imine (C=N–C) groups is 1. The lowest BCUT2D eigenvalue weighted by Gasteiger charge is -2.11. The average molecular weight is 411 g/mol. The van der Waals surface area contributed by atoms with E-state index in [1.165, 1.54) is 6.07 Å². The second-order valence-corrected chi connectivity index (χ2v) is 4.32. The largest absolute Gasteiger partial charge is 0.435 e. The summed E-state index contributed by atoms with van der Waals surface area (Å²) in [6, 6.07) is 6.67. The number of hydrogen-bond acceptors (Lipinski definition) is 2. The number of guanidine groups is 1. The van der Waals surface area contributed by atoms with Crippen molar-refractivity contribution in [2.45, 2.75) is 20.0 Å². The molecule has 0 amide bonds. The van der Waals surface area contributed by atoms with Gasteiger partial charge in [-0.25, -0.2) is 4.99 Å². The molecule has 0 aliphatic carbocycles. The van der Waals surface area contributed by atoms with Gasteiger partial charge in [-0.05, 0) is 25.0 Å². The van der Waals surface area contributed by atoms with Crippen molar-refractivity contribution in [3.05, 3.63) is 42.0 Å². The molecule has 1 aromatic rings. The second kappa shape index (κ2) is 10.4. The van der Waals surface area contributed by atoms with Crippen molar-refractivity contribution < 1.29 is 13.5 Å². The van der Waals surface area contributed by atoms with Gasteiger partial charge in [0.25, 0.3) is 0 Å². The molecule has 7 heteroatoms. The SMILES string of the molecule is C=C(C)CN=C(N)NCCc1ccccc1OC(F)F.I. The van der Waals surface area contributed by atoms with E-state index in [0.717, 1.165) is 5.57 Å². The van der Waals surface area contributed by atoms with Gasteiger partial charge in [0.05, 0.1) is 6.54 Å². The predicted molar refractivity (Wildman–Crippen MR) is 91.5 cm³/mol. The summed E-state index contributed by atoms with van der Waals surface area (Å²) in [6.45, 7) is 3.69. The van der Waals surface area contributed by atoms with Crippen molar-refractivity contribution in [3.63, 3.8) is 0 Å². The number of benzene rings is 1. The molecular formula is C14H20F2IN3O. The van der Waals surface area contributed by atoms with Crippen LogP contribution in [0.1, 0.15) is 12.5 Å². The molecule has 0 aromatic heterocycles. The maximum Gasteiger partial charge on any atom is 0.387 e. The molecule has 1 aromatic carbocycles. The summed E-state index contributed by atoms with van der Waals surface area (Å²) >= 11 is 0. The first-order chi connectivity index (χ1) is 9.49. The summed E-state index contributed by atoms with van der Waals surface area (Å²) in [7, 11) is 0. The number of rotatable bonds is 7. The fourth-order valence-electron chi connectivity index (χ4n) is 1.52. The number of ether oxygens (including phenoxy) is 1. The lowest BCUT2D eigenvalue weighted by molar-refractivity contribution is -0.0504. The standard InChI is InChI=1S/C14H19F2N3O.HI/c1-10(2)9-19-14(17)18-8-7-11-5-3-4-6-12(11)20-13(15)16;/h3-6,13H,1,7-9H2,2H3,(H3,17,18,19);1H. The van der Waals surface area contributed by atoms with E-state index in [0.29, 0.717) is 31.0 Å². The Bertz CT molecular complexity index is 481. The Balaban J connectivity index is 0.00000400. The molecule has 0 spiro atoms. The van der Waals surface area contributed by atoms with Gasteiger partial charge >= 0.3 is 6.61 Å². The summed E-state index contributed by atoms with van der Waals surface area (Å²) in [5.74, 6) is 0.488. The van der Waals surface area contributed by atoms with Crippen molar-refractivity contribution in [2.24, 2.45) is 10.7 Å². The fraction of sp³-hybridized carbons (Fsp3) is 0.357. The third-order valence-corrected chi connectivity index (χ3v) is 2.41. The molecule has 0 saturated carbocycles. The maximum absolute atomic E-state index is 12.2. The van der Waals surface area contributed by atoms with Gasteiger partial charge in [0.15, 0.2) is 5.96 Å². The minimum absolute atomic E-state index is 0. The number of hydrogen-bond donors (Lipinski definition) is 2. The number of alkyl halides is 2. The predicted octanol–water partition coefficient (Wildman–Crippen LogP) is 2.93. The smallest absolute Gasteiger partial charge is 0.387 e. The van der Waals surface area contributed by atoms with Crippen molar-refractivity contribution in [1.29, 1.82) is 0 Å². The van der Waals surface area contributed by atoms with Crippen LogP contribution in [-0.4, -0.2) is 25.7 Å². The van der Waals surface area contributed by atoms with Crippen LogP contribution in [0.2, 0.25) is 0 Å². The van der Waals surface area contributed by atoms with E-state index < -0.39 is 6.61 Å². The van der Waals surface area contributed by atoms with Gasteiger partial charge in [0.2, 0.25) is 0 Å². The molecule has 3 N–H and O–H groups in total. The monoisotopic (exact) mass is 411 g/mol. The van der Waals surface area contributed by atoms with Crippen LogP contribution >= 0.6 is 24.0 Å². The third-order valence-electron chi connectivity index (χ3n) is 2.41. The molecule has 0 aliphatic heterocycles. The third kappa shape index (κ3) is 8.49. The van der Waals surface area contributed by atoms with E-state index in [9.17, 15) is 8.78 Å². The topological polar surface area (TPSA) is 59.6 Å². The number of para-hydroxylation sites is 1. The van der Waals surface area contributed by atoms with Gasteiger partial charge in [-0.2, -0.15) is 8.78 Å². The Morgan fingerprint density at radius 3 is 2.71 bits per heavy atom. The molecular weight excluding hydrogens is 391 g/mol. The van der Waals surface area contributed by atoms with Crippen LogP contribution < -0.4 is 15.8 Å². The lowest BCUT2D eigenvalue weighted by atomic mass is 10.1. The van der Waals surface area contributed by atoms with Crippen molar-refractivity contribution in [2.75, 3.05) is 13.1 Å². The summed E-state index contributed by atoms with van der Waals surface area (Å²) in [5, 5.41) is 2.91. The highest BCUT2D eigenvalue weighted by Crippen LogP contribution is 2.20. The van der Waals surface area contributed by atoms with Crippen molar-refractivity contribution in [1.82, 2.24) is 5.32 Å². The Labute approximate surface area is 140 Å². The zero-order valence-corrected chi connectivity index (χ0v) is 14.1. The quantitative estimate of drug-likeness (QED) is 0.314. The van der Waals surface area contributed by atoms with E-state index in [1.54, 1.807) is 18.2 Å². The van der Waals surface area contributed by atoms with Gasteiger partial charge in [0.1, 0.15) is 5.75 Å². The summed E-state index contributed by atoms with van der Waals surface area (Å²) in [5.41, 5.74) is 7.25. The van der Waals surface area contributed by atoms with E-state index in [1.807, 2.05) is 6.92 Å². The average Bonchev–Trinajstić information content (AvgIpc) is 2.38. The molecule has 0 bridgehead atoms. The van der Waals surface area contributed by atoms with E-state index in [4.69, 9.17) is 5.73 Å². The van der Waals surface area contributed by atoms with E-state index >= 15 is 0 Å². The van der Waals surface area contributed by atoms with E-state index in [-0.39, 0.29) is 29.7 Å². The fourth-order valence-corrected chi connectivity index (χ4v) is 1.52. The van der Waals surface area contributed by atoms with Crippen LogP contribution in [0.25, 0.3) is 0 Å². The molecule has 0 aliphatic rings. The van der Waals surface area contributed by atoms with Crippen LogP contribution in [0.4, 0.5) is 8.78 Å². The Morgan fingerprint density at radius 2 is 2.10 bits per heavy atom. The normalized spacial score (nSPS) is 11.0. The zero-order chi connectivity index (χ0) is 15.0. The van der Waals surface area contributed by atoms with Crippen LogP contribution in [0, 0.1) is 0 Å².